The Kier molecular flexibility index (Phi) is 14.6. The van der Waals surface area contributed by atoms with E-state index in [1.54, 1.807) is 41.5 Å². The summed E-state index contributed by atoms with van der Waals surface area (Å²) >= 11 is 0. The van der Waals surface area contributed by atoms with Gasteiger partial charge in [-0.05, 0) is 54.0 Å². The first-order valence-corrected chi connectivity index (χ1v) is 23.6. The molecule has 1 amide bonds. The van der Waals surface area contributed by atoms with Crippen molar-refractivity contribution in [2.45, 2.75) is 208 Å². The van der Waals surface area contributed by atoms with Crippen molar-refractivity contribution >= 4 is 23.6 Å². The van der Waals surface area contributed by atoms with Gasteiger partial charge in [0.2, 0.25) is 0 Å². The first kappa shape index (κ1) is 52.3. The standard InChI is InChI=1S/C48H65NO21/c1-18-13-30(69-32-15-28(61-8)37(51)21(4)64-32)48(60)36-35(42(56)44(66-23(6)50)47(48,59)16-18)41(55)34-25(40(36)54)10-9-24(39(34)53)27-14-29(38(52)20(3)62-27)67-33-17-46(7,58)43(22(5)65-33)70-31-12-11-26(19(2)63-31)68-45(49)57/h9-10,13,19-22,26-33,37-38,42-44,51-53,56,58-60H,11-12,14-17H2,1-8H3,(H2,49,57)/t19-,20-,21+,22-,26+,27-,28-,29-,30+,31+,32-,33+,37-,38-,42+,43-,44+,46+,47-,48+/m1/s1. The lowest BCUT2D eigenvalue weighted by Crippen LogP contribution is -2.76. The van der Waals surface area contributed by atoms with Crippen LogP contribution in [0.15, 0.2) is 34.9 Å². The highest BCUT2D eigenvalue weighted by molar-refractivity contribution is 6.29. The number of hydrogen-bond acceptors (Lipinski definition) is 21. The highest BCUT2D eigenvalue weighted by atomic mass is 16.7. The van der Waals surface area contributed by atoms with Gasteiger partial charge >= 0.3 is 12.1 Å². The van der Waals surface area contributed by atoms with E-state index < -0.39 is 179 Å². The van der Waals surface area contributed by atoms with E-state index in [9.17, 15) is 54.9 Å². The molecular weight excluding hydrogens is 927 g/mol. The Morgan fingerprint density at radius 3 is 2.07 bits per heavy atom. The third kappa shape index (κ3) is 9.11. The highest BCUT2D eigenvalue weighted by Crippen LogP contribution is 2.56. The number of esters is 1. The van der Waals surface area contributed by atoms with Gasteiger partial charge in [-0.25, -0.2) is 4.79 Å². The largest absolute Gasteiger partial charge is 0.507 e. The third-order valence-electron chi connectivity index (χ3n) is 14.9. The van der Waals surface area contributed by atoms with Crippen molar-refractivity contribution in [3.63, 3.8) is 0 Å². The molecule has 22 nitrogen and oxygen atoms in total. The van der Waals surface area contributed by atoms with E-state index in [4.69, 9.17) is 53.1 Å². The number of fused-ring (bicyclic) bond motifs is 3. The number of aliphatic hydroxyl groups excluding tert-OH is 3. The fourth-order valence-electron chi connectivity index (χ4n) is 11.5. The van der Waals surface area contributed by atoms with Gasteiger partial charge in [-0.1, -0.05) is 17.7 Å². The van der Waals surface area contributed by atoms with Crippen molar-refractivity contribution in [3.05, 3.63) is 51.6 Å². The highest BCUT2D eigenvalue weighted by Gasteiger charge is 2.71. The molecular formula is C48H65NO21. The Labute approximate surface area is 403 Å². The molecule has 0 unspecified atom stereocenters. The second-order valence-corrected chi connectivity index (χ2v) is 20.0. The summed E-state index contributed by atoms with van der Waals surface area (Å²) in [6, 6.07) is 2.57. The second-order valence-electron chi connectivity index (χ2n) is 20.0. The van der Waals surface area contributed by atoms with Crippen molar-refractivity contribution in [1.29, 1.82) is 0 Å². The van der Waals surface area contributed by atoms with Gasteiger partial charge in [-0.2, -0.15) is 0 Å². The number of carbonyl (C=O) groups excluding carboxylic acids is 4. The third-order valence-corrected chi connectivity index (χ3v) is 14.9. The van der Waals surface area contributed by atoms with Crippen molar-refractivity contribution in [2.24, 2.45) is 5.73 Å². The zero-order valence-corrected chi connectivity index (χ0v) is 40.2. The number of phenolic OH excluding ortho intramolecular Hbond substituents is 1. The number of carbonyl (C=O) groups is 4. The minimum atomic E-state index is -2.91. The van der Waals surface area contributed by atoms with Crippen LogP contribution in [0.5, 0.6) is 5.75 Å². The molecule has 3 aliphatic carbocycles. The number of phenols is 1. The van der Waals surface area contributed by atoms with Crippen LogP contribution in [-0.4, -0.2) is 182 Å². The van der Waals surface area contributed by atoms with Gasteiger partial charge in [0, 0.05) is 68.4 Å². The zero-order chi connectivity index (χ0) is 51.1. The number of Topliss-reactive ketones (excluding diaryl/α,β-unsaturated/α-hetero) is 2. The van der Waals surface area contributed by atoms with Gasteiger partial charge in [0.05, 0.1) is 53.9 Å². The Balaban J connectivity index is 1.06. The number of primary amides is 1. The number of aromatic hydroxyl groups is 1. The van der Waals surface area contributed by atoms with Gasteiger partial charge in [-0.3, -0.25) is 14.4 Å². The number of rotatable bonds is 10. The van der Waals surface area contributed by atoms with E-state index in [-0.39, 0.29) is 24.8 Å². The summed E-state index contributed by atoms with van der Waals surface area (Å²) in [4.78, 5) is 53.8. The summed E-state index contributed by atoms with van der Waals surface area (Å²) in [5.74, 6) is -3.92. The number of benzene rings is 1. The lowest BCUT2D eigenvalue weighted by Gasteiger charge is -2.58. The fraction of sp³-hybridized carbons (Fsp3) is 0.708. The van der Waals surface area contributed by atoms with Crippen LogP contribution in [0, 0.1) is 0 Å². The monoisotopic (exact) mass is 991 g/mol. The van der Waals surface area contributed by atoms with Crippen LogP contribution in [0.2, 0.25) is 0 Å². The molecule has 388 valence electrons. The topological polar surface area (TPSA) is 328 Å². The zero-order valence-electron chi connectivity index (χ0n) is 40.2. The van der Waals surface area contributed by atoms with Gasteiger partial charge in [0.15, 0.2) is 42.1 Å². The molecule has 4 aliphatic heterocycles. The molecule has 22 heteroatoms. The van der Waals surface area contributed by atoms with Crippen LogP contribution in [0.4, 0.5) is 4.79 Å². The Morgan fingerprint density at radius 2 is 1.43 bits per heavy atom. The van der Waals surface area contributed by atoms with Gasteiger partial charge in [-0.15, -0.1) is 0 Å². The van der Waals surface area contributed by atoms with Gasteiger partial charge in [0.1, 0.15) is 48.0 Å². The van der Waals surface area contributed by atoms with Crippen molar-refractivity contribution in [3.8, 4) is 5.75 Å². The van der Waals surface area contributed by atoms with Gasteiger partial charge < -0.3 is 88.8 Å². The molecule has 0 spiro atoms. The summed E-state index contributed by atoms with van der Waals surface area (Å²) in [6.45, 7) is 10.7. The van der Waals surface area contributed by atoms with Crippen LogP contribution in [0.1, 0.15) is 119 Å². The molecule has 0 saturated carbocycles. The number of nitrogens with two attached hydrogens (primary N) is 1. The smallest absolute Gasteiger partial charge is 0.404 e. The number of ether oxygens (including phenoxy) is 10. The SMILES string of the molecule is CO[C@@H]1C[C@@H](O[C@H]2C=C(C)C[C@@]3(O)[C@@H](OC(C)=O)[C@@H](O)C4=C(C(=O)c5ccc([C@H]6C[C@@H](O[C@H]7C[C@](C)(O)[C@H](O[C@H]8CC[C@H](OC(N)=O)[C@@H](C)O8)[C@@H](C)O7)[C@H](O)[C@@H](C)O6)c(O)c5C4=O)[C@@]23O)O[C@@H](C)[C@H]1O. The molecule has 70 heavy (non-hydrogen) atoms. The fourth-order valence-corrected chi connectivity index (χ4v) is 11.5. The van der Waals surface area contributed by atoms with Crippen molar-refractivity contribution in [1.82, 2.24) is 0 Å². The molecule has 0 aromatic heterocycles. The van der Waals surface area contributed by atoms with E-state index >= 15 is 0 Å². The first-order chi connectivity index (χ1) is 32.8. The lowest BCUT2D eigenvalue weighted by atomic mass is 9.55. The predicted molar refractivity (Wildman–Crippen MR) is 236 cm³/mol. The summed E-state index contributed by atoms with van der Waals surface area (Å²) in [6.07, 6.45) is -18.2. The number of ketones is 2. The summed E-state index contributed by atoms with van der Waals surface area (Å²) in [5, 5.41) is 83.4. The van der Waals surface area contributed by atoms with Crippen molar-refractivity contribution in [2.75, 3.05) is 7.11 Å². The van der Waals surface area contributed by atoms with Crippen LogP contribution >= 0.6 is 0 Å². The normalized spacial score (nSPS) is 44.1. The average molecular weight is 992 g/mol. The van der Waals surface area contributed by atoms with Crippen LogP contribution in [0.3, 0.4) is 0 Å². The van der Waals surface area contributed by atoms with E-state index in [1.807, 2.05) is 0 Å². The Bertz CT molecular complexity index is 2280. The van der Waals surface area contributed by atoms with E-state index in [0.29, 0.717) is 18.4 Å². The summed E-state index contributed by atoms with van der Waals surface area (Å²) in [7, 11) is 1.38. The molecule has 7 aliphatic rings. The molecule has 0 radical (unpaired) electrons. The van der Waals surface area contributed by atoms with Crippen LogP contribution in [0.25, 0.3) is 0 Å². The molecule has 4 heterocycles. The van der Waals surface area contributed by atoms with Gasteiger partial charge in [0.25, 0.3) is 0 Å². The lowest BCUT2D eigenvalue weighted by molar-refractivity contribution is -0.336. The molecule has 1 aromatic carbocycles. The maximum Gasteiger partial charge on any atom is 0.404 e. The number of aliphatic hydroxyl groups is 6. The molecule has 8 rings (SSSR count). The summed E-state index contributed by atoms with van der Waals surface area (Å²) < 4.78 is 59.0. The minimum absolute atomic E-state index is 0.00666. The number of amides is 1. The first-order valence-electron chi connectivity index (χ1n) is 23.6. The average Bonchev–Trinajstić information content (AvgIpc) is 3.26. The number of hydrogen-bond donors (Lipinski definition) is 8. The van der Waals surface area contributed by atoms with E-state index in [1.165, 1.54) is 25.3 Å². The Hall–Kier alpha value is -3.98. The number of methoxy groups -OCH3 is 1. The quantitative estimate of drug-likeness (QED) is 0.119. The molecule has 0 bridgehead atoms. The molecule has 1 aromatic rings. The molecule has 20 atom stereocenters. The maximum atomic E-state index is 14.9. The summed E-state index contributed by atoms with van der Waals surface area (Å²) in [5.41, 5.74) is -4.03. The second kappa shape index (κ2) is 19.5. The van der Waals surface area contributed by atoms with Crippen LogP contribution < -0.4 is 5.73 Å². The van der Waals surface area contributed by atoms with Crippen molar-refractivity contribution < 1.29 is 102 Å². The molecule has 9 N–H and O–H groups in total. The van der Waals surface area contributed by atoms with E-state index in [2.05, 4.69) is 0 Å². The van der Waals surface area contributed by atoms with E-state index in [0.717, 1.165) is 6.92 Å². The molecule has 4 saturated heterocycles. The Morgan fingerprint density at radius 1 is 0.771 bits per heavy atom. The maximum absolute atomic E-state index is 14.9. The predicted octanol–water partition coefficient (Wildman–Crippen LogP) is 0.938. The minimum Gasteiger partial charge on any atom is -0.507 e. The molecule has 4 fully saturated rings. The van der Waals surface area contributed by atoms with Crippen LogP contribution in [-0.2, 0) is 52.2 Å².